The fourth-order valence-electron chi connectivity index (χ4n) is 1.88. The van der Waals surface area contributed by atoms with Crippen molar-refractivity contribution in [1.29, 1.82) is 0 Å². The van der Waals surface area contributed by atoms with Gasteiger partial charge in [-0.15, -0.1) is 0 Å². The second kappa shape index (κ2) is 6.28. The van der Waals surface area contributed by atoms with Gasteiger partial charge in [-0.2, -0.15) is 17.2 Å². The zero-order chi connectivity index (χ0) is 11.2. The lowest BCUT2D eigenvalue weighted by Gasteiger charge is -2.28. The van der Waals surface area contributed by atoms with Crippen molar-refractivity contribution in [3.8, 4) is 0 Å². The van der Waals surface area contributed by atoms with Crippen molar-refractivity contribution < 1.29 is 4.84 Å². The lowest BCUT2D eigenvalue weighted by Crippen LogP contribution is -2.39. The monoisotopic (exact) mass is 237 g/mol. The Hall–Kier alpha value is -0.510. The van der Waals surface area contributed by atoms with Crippen molar-refractivity contribution in [1.82, 2.24) is 5.48 Å². The first-order valence-corrected chi connectivity index (χ1v) is 6.94. The minimum absolute atomic E-state index is 0.502. The first-order chi connectivity index (χ1) is 7.86. The molecule has 1 fully saturated rings. The third-order valence-electron chi connectivity index (χ3n) is 2.92. The third kappa shape index (κ3) is 3.51. The zero-order valence-electron chi connectivity index (χ0n) is 9.69. The van der Waals surface area contributed by atoms with Gasteiger partial charge in [-0.25, -0.2) is 0 Å². The van der Waals surface area contributed by atoms with Gasteiger partial charge in [0.2, 0.25) is 0 Å². The van der Waals surface area contributed by atoms with Crippen LogP contribution in [0.25, 0.3) is 0 Å². The molecule has 1 aromatic carbocycles. The maximum atomic E-state index is 5.57. The van der Waals surface area contributed by atoms with Gasteiger partial charge in [0.15, 0.2) is 0 Å². The predicted molar refractivity (Wildman–Crippen MR) is 69.3 cm³/mol. The standard InChI is InChI=1S/C13H19NOS/c1-11-13(8-5-9-16-11)14-15-10-12-6-3-2-4-7-12/h2-4,6-7,11,13-14H,5,8-10H2,1H3. The van der Waals surface area contributed by atoms with E-state index in [2.05, 4.69) is 24.5 Å². The molecule has 0 radical (unpaired) electrons. The van der Waals surface area contributed by atoms with Crippen molar-refractivity contribution >= 4 is 11.8 Å². The SMILES string of the molecule is CC1SCCCC1NOCc1ccccc1. The maximum Gasteiger partial charge on any atom is 0.0933 e. The molecule has 1 heterocycles. The third-order valence-corrected chi connectivity index (χ3v) is 4.30. The van der Waals surface area contributed by atoms with Crippen molar-refractivity contribution in [2.75, 3.05) is 5.75 Å². The molecule has 2 unspecified atom stereocenters. The lowest BCUT2D eigenvalue weighted by molar-refractivity contribution is 0.00133. The van der Waals surface area contributed by atoms with E-state index in [4.69, 9.17) is 4.84 Å². The molecule has 0 aromatic heterocycles. The van der Waals surface area contributed by atoms with Crippen LogP contribution in [0.3, 0.4) is 0 Å². The summed E-state index contributed by atoms with van der Waals surface area (Å²) in [7, 11) is 0. The fourth-order valence-corrected chi connectivity index (χ4v) is 3.01. The molecule has 88 valence electrons. The van der Waals surface area contributed by atoms with E-state index in [1.54, 1.807) is 0 Å². The molecule has 1 aromatic rings. The average Bonchev–Trinajstić information content (AvgIpc) is 2.33. The van der Waals surface area contributed by atoms with Gasteiger partial charge in [-0.3, -0.25) is 4.84 Å². The highest BCUT2D eigenvalue weighted by Gasteiger charge is 2.21. The number of hydrogen-bond acceptors (Lipinski definition) is 3. The molecule has 2 nitrogen and oxygen atoms in total. The second-order valence-corrected chi connectivity index (χ2v) is 5.70. The highest BCUT2D eigenvalue weighted by molar-refractivity contribution is 7.99. The van der Waals surface area contributed by atoms with E-state index in [0.29, 0.717) is 17.9 Å². The summed E-state index contributed by atoms with van der Waals surface area (Å²) in [4.78, 5) is 5.57. The van der Waals surface area contributed by atoms with Crippen LogP contribution in [0.4, 0.5) is 0 Å². The van der Waals surface area contributed by atoms with Gasteiger partial charge < -0.3 is 0 Å². The minimum atomic E-state index is 0.502. The Morgan fingerprint density at radius 2 is 2.19 bits per heavy atom. The van der Waals surface area contributed by atoms with E-state index >= 15 is 0 Å². The van der Waals surface area contributed by atoms with Crippen LogP contribution in [0, 0.1) is 0 Å². The molecule has 2 rings (SSSR count). The minimum Gasteiger partial charge on any atom is -0.297 e. The van der Waals surface area contributed by atoms with Gasteiger partial charge in [-0.05, 0) is 24.2 Å². The van der Waals surface area contributed by atoms with Crippen LogP contribution < -0.4 is 5.48 Å². The quantitative estimate of drug-likeness (QED) is 0.813. The Labute approximate surface area is 102 Å². The van der Waals surface area contributed by atoms with E-state index in [0.717, 1.165) is 0 Å². The molecule has 16 heavy (non-hydrogen) atoms. The van der Waals surface area contributed by atoms with E-state index < -0.39 is 0 Å². The van der Waals surface area contributed by atoms with Crippen LogP contribution in [0.1, 0.15) is 25.3 Å². The molecule has 0 aliphatic carbocycles. The van der Waals surface area contributed by atoms with Crippen molar-refractivity contribution in [2.24, 2.45) is 0 Å². The van der Waals surface area contributed by atoms with Crippen LogP contribution in [-0.2, 0) is 11.4 Å². The largest absolute Gasteiger partial charge is 0.297 e. The Morgan fingerprint density at radius 3 is 2.94 bits per heavy atom. The topological polar surface area (TPSA) is 21.3 Å². The normalized spacial score (nSPS) is 25.6. The summed E-state index contributed by atoms with van der Waals surface area (Å²) in [6.45, 7) is 2.92. The number of hydroxylamine groups is 1. The summed E-state index contributed by atoms with van der Waals surface area (Å²) in [5.41, 5.74) is 4.41. The molecular weight excluding hydrogens is 218 g/mol. The van der Waals surface area contributed by atoms with Gasteiger partial charge in [-0.1, -0.05) is 37.3 Å². The average molecular weight is 237 g/mol. The zero-order valence-corrected chi connectivity index (χ0v) is 10.5. The molecule has 0 amide bonds. The summed E-state index contributed by atoms with van der Waals surface area (Å²) >= 11 is 2.03. The molecule has 0 saturated carbocycles. The number of thioether (sulfide) groups is 1. The molecule has 1 saturated heterocycles. The number of hydrogen-bond donors (Lipinski definition) is 1. The molecular formula is C13H19NOS. The summed E-state index contributed by atoms with van der Waals surface area (Å²) < 4.78 is 0. The van der Waals surface area contributed by atoms with E-state index in [1.165, 1.54) is 24.2 Å². The second-order valence-electron chi connectivity index (χ2n) is 4.22. The number of nitrogens with one attached hydrogen (secondary N) is 1. The van der Waals surface area contributed by atoms with Gasteiger partial charge in [0, 0.05) is 11.3 Å². The number of benzene rings is 1. The highest BCUT2D eigenvalue weighted by atomic mass is 32.2. The van der Waals surface area contributed by atoms with Crippen molar-refractivity contribution in [3.05, 3.63) is 35.9 Å². The Morgan fingerprint density at radius 1 is 1.38 bits per heavy atom. The van der Waals surface area contributed by atoms with E-state index in [9.17, 15) is 0 Å². The predicted octanol–water partition coefficient (Wildman–Crippen LogP) is 2.99. The maximum absolute atomic E-state index is 5.57. The van der Waals surface area contributed by atoms with Crippen molar-refractivity contribution in [2.45, 2.75) is 37.7 Å². The van der Waals surface area contributed by atoms with Crippen LogP contribution in [0.5, 0.6) is 0 Å². The molecule has 0 spiro atoms. The summed E-state index contributed by atoms with van der Waals surface area (Å²) in [6.07, 6.45) is 2.52. The molecule has 1 N–H and O–H groups in total. The van der Waals surface area contributed by atoms with Crippen LogP contribution in [-0.4, -0.2) is 17.0 Å². The van der Waals surface area contributed by atoms with E-state index in [1.807, 2.05) is 30.0 Å². The fraction of sp³-hybridized carbons (Fsp3) is 0.538. The Kier molecular flexibility index (Phi) is 4.69. The summed E-state index contributed by atoms with van der Waals surface area (Å²) in [5.74, 6) is 1.29. The first-order valence-electron chi connectivity index (χ1n) is 5.89. The molecule has 1 aliphatic rings. The lowest BCUT2D eigenvalue weighted by atomic mass is 10.1. The van der Waals surface area contributed by atoms with Crippen LogP contribution in [0.2, 0.25) is 0 Å². The molecule has 3 heteroatoms. The summed E-state index contributed by atoms with van der Waals surface area (Å²) in [6, 6.07) is 10.8. The number of rotatable bonds is 4. The Bertz CT molecular complexity index is 304. The van der Waals surface area contributed by atoms with E-state index in [-0.39, 0.29) is 0 Å². The highest BCUT2D eigenvalue weighted by Crippen LogP contribution is 2.24. The van der Waals surface area contributed by atoms with Gasteiger partial charge >= 0.3 is 0 Å². The molecule has 2 atom stereocenters. The van der Waals surface area contributed by atoms with Gasteiger partial charge in [0.25, 0.3) is 0 Å². The van der Waals surface area contributed by atoms with Crippen LogP contribution in [0.15, 0.2) is 30.3 Å². The summed E-state index contributed by atoms with van der Waals surface area (Å²) in [5, 5.41) is 0.657. The van der Waals surface area contributed by atoms with Crippen molar-refractivity contribution in [3.63, 3.8) is 0 Å². The Balaban J connectivity index is 1.71. The smallest absolute Gasteiger partial charge is 0.0933 e. The van der Waals surface area contributed by atoms with Crippen LogP contribution >= 0.6 is 11.8 Å². The first kappa shape index (κ1) is 12.0. The molecule has 0 bridgehead atoms. The van der Waals surface area contributed by atoms with Gasteiger partial charge in [0.05, 0.1) is 6.61 Å². The van der Waals surface area contributed by atoms with Gasteiger partial charge in [0.1, 0.15) is 0 Å². The molecule has 1 aliphatic heterocycles.